The van der Waals surface area contributed by atoms with Gasteiger partial charge in [0.15, 0.2) is 5.82 Å². The molecule has 0 bridgehead atoms. The molecule has 0 fully saturated rings. The van der Waals surface area contributed by atoms with Gasteiger partial charge < -0.3 is 11.1 Å². The minimum Gasteiger partial charge on any atom is -0.322 e. The molecule has 0 spiro atoms. The molecule has 5 heteroatoms. The Morgan fingerprint density at radius 2 is 1.71 bits per heavy atom. The van der Waals surface area contributed by atoms with Crippen LogP contribution in [0.25, 0.3) is 11.4 Å². The number of aromatic nitrogens is 2. The lowest BCUT2D eigenvalue weighted by Gasteiger charge is -2.24. The minimum absolute atomic E-state index is 0.205. The van der Waals surface area contributed by atoms with Crippen molar-refractivity contribution < 1.29 is 4.79 Å². The van der Waals surface area contributed by atoms with Gasteiger partial charge in [0.05, 0.1) is 23.6 Å². The van der Waals surface area contributed by atoms with Gasteiger partial charge in [-0.3, -0.25) is 4.79 Å². The fourth-order valence-electron chi connectivity index (χ4n) is 1.96. The van der Waals surface area contributed by atoms with Crippen molar-refractivity contribution in [2.24, 2.45) is 5.73 Å². The average Bonchev–Trinajstić information content (AvgIpc) is 2.55. The molecule has 0 saturated carbocycles. The molecule has 0 atom stereocenters. The van der Waals surface area contributed by atoms with Gasteiger partial charge in [0, 0.05) is 5.56 Å². The zero-order valence-electron chi connectivity index (χ0n) is 12.3. The van der Waals surface area contributed by atoms with Crippen LogP contribution in [0.1, 0.15) is 26.7 Å². The van der Waals surface area contributed by atoms with Crippen LogP contribution in [0, 0.1) is 0 Å². The van der Waals surface area contributed by atoms with E-state index in [1.165, 1.54) is 0 Å². The number of anilines is 1. The predicted molar refractivity (Wildman–Crippen MR) is 83.6 cm³/mol. The summed E-state index contributed by atoms with van der Waals surface area (Å²) in [5, 5.41) is 2.77. The number of nitrogens with one attached hydrogen (secondary N) is 1. The molecule has 0 aliphatic carbocycles. The minimum atomic E-state index is -0.849. The van der Waals surface area contributed by atoms with Gasteiger partial charge in [0.2, 0.25) is 5.91 Å². The number of hydrogen-bond acceptors (Lipinski definition) is 4. The lowest BCUT2D eigenvalue weighted by Crippen LogP contribution is -2.50. The molecule has 21 heavy (non-hydrogen) atoms. The van der Waals surface area contributed by atoms with Crippen molar-refractivity contribution in [1.82, 2.24) is 9.97 Å². The molecule has 2 aromatic rings. The van der Waals surface area contributed by atoms with Gasteiger partial charge in [-0.2, -0.15) is 0 Å². The van der Waals surface area contributed by atoms with Crippen molar-refractivity contribution in [3.63, 3.8) is 0 Å². The number of nitrogens with two attached hydrogens (primary N) is 1. The van der Waals surface area contributed by atoms with Gasteiger partial charge in [0.1, 0.15) is 0 Å². The van der Waals surface area contributed by atoms with Crippen molar-refractivity contribution in [3.8, 4) is 11.4 Å². The molecule has 5 nitrogen and oxygen atoms in total. The number of carbonyl (C=O) groups excluding carboxylic acids is 1. The highest BCUT2D eigenvalue weighted by Gasteiger charge is 2.29. The van der Waals surface area contributed by atoms with E-state index in [4.69, 9.17) is 5.73 Å². The van der Waals surface area contributed by atoms with Crippen LogP contribution in [0.3, 0.4) is 0 Å². The third-order valence-electron chi connectivity index (χ3n) is 3.66. The number of rotatable bonds is 5. The highest BCUT2D eigenvalue weighted by atomic mass is 16.2. The lowest BCUT2D eigenvalue weighted by atomic mass is 9.93. The van der Waals surface area contributed by atoms with E-state index in [2.05, 4.69) is 15.3 Å². The zero-order valence-corrected chi connectivity index (χ0v) is 12.3. The summed E-state index contributed by atoms with van der Waals surface area (Å²) in [6, 6.07) is 9.67. The van der Waals surface area contributed by atoms with Crippen LogP contribution in [0.4, 0.5) is 5.69 Å². The molecular formula is C16H20N4O. The molecule has 1 heterocycles. The Balaban J connectivity index is 2.12. The van der Waals surface area contributed by atoms with E-state index in [1.54, 1.807) is 12.4 Å². The molecule has 1 amide bonds. The van der Waals surface area contributed by atoms with Crippen LogP contribution >= 0.6 is 0 Å². The van der Waals surface area contributed by atoms with E-state index in [0.717, 1.165) is 5.56 Å². The summed E-state index contributed by atoms with van der Waals surface area (Å²) in [7, 11) is 0. The molecular weight excluding hydrogens is 264 g/mol. The SMILES string of the molecule is CCC(N)(CC)C(=O)Nc1cnc(-c2ccccc2)nc1. The van der Waals surface area contributed by atoms with Crippen molar-refractivity contribution in [3.05, 3.63) is 42.7 Å². The maximum Gasteiger partial charge on any atom is 0.244 e. The highest BCUT2D eigenvalue weighted by molar-refractivity contribution is 5.97. The second-order valence-electron chi connectivity index (χ2n) is 4.98. The molecule has 110 valence electrons. The van der Waals surface area contributed by atoms with E-state index >= 15 is 0 Å². The topological polar surface area (TPSA) is 80.9 Å². The van der Waals surface area contributed by atoms with E-state index in [9.17, 15) is 4.79 Å². The van der Waals surface area contributed by atoms with Gasteiger partial charge in [-0.15, -0.1) is 0 Å². The van der Waals surface area contributed by atoms with Gasteiger partial charge in [-0.1, -0.05) is 44.2 Å². The number of nitrogens with zero attached hydrogens (tertiary/aromatic N) is 2. The third kappa shape index (κ3) is 3.44. The maximum absolute atomic E-state index is 12.2. The molecule has 0 saturated heterocycles. The highest BCUT2D eigenvalue weighted by Crippen LogP contribution is 2.17. The summed E-state index contributed by atoms with van der Waals surface area (Å²) in [5.74, 6) is 0.419. The van der Waals surface area contributed by atoms with Crippen LogP contribution in [0.15, 0.2) is 42.7 Å². The number of amides is 1. The lowest BCUT2D eigenvalue weighted by molar-refractivity contribution is -0.121. The van der Waals surface area contributed by atoms with Crippen molar-refractivity contribution in [2.75, 3.05) is 5.32 Å². The first kappa shape index (κ1) is 15.1. The van der Waals surface area contributed by atoms with Crippen molar-refractivity contribution in [1.29, 1.82) is 0 Å². The quantitative estimate of drug-likeness (QED) is 0.884. The largest absolute Gasteiger partial charge is 0.322 e. The molecule has 2 rings (SSSR count). The normalized spacial score (nSPS) is 11.2. The van der Waals surface area contributed by atoms with E-state index in [1.807, 2.05) is 44.2 Å². The number of hydrogen-bond donors (Lipinski definition) is 2. The molecule has 0 radical (unpaired) electrons. The Bertz CT molecular complexity index is 591. The maximum atomic E-state index is 12.2. The van der Waals surface area contributed by atoms with Crippen LogP contribution in [-0.4, -0.2) is 21.4 Å². The summed E-state index contributed by atoms with van der Waals surface area (Å²) in [6.07, 6.45) is 4.36. The van der Waals surface area contributed by atoms with Crippen LogP contribution in [0.2, 0.25) is 0 Å². The summed E-state index contributed by atoms with van der Waals surface area (Å²) in [4.78, 5) is 20.7. The number of carbonyl (C=O) groups is 1. The molecule has 3 N–H and O–H groups in total. The van der Waals surface area contributed by atoms with Gasteiger partial charge in [0.25, 0.3) is 0 Å². The summed E-state index contributed by atoms with van der Waals surface area (Å²) in [6.45, 7) is 3.80. The molecule has 0 aliphatic rings. The first-order chi connectivity index (χ1) is 10.1. The Labute approximate surface area is 124 Å². The second kappa shape index (κ2) is 6.45. The molecule has 0 aliphatic heterocycles. The Hall–Kier alpha value is -2.27. The van der Waals surface area contributed by atoms with Crippen LogP contribution < -0.4 is 11.1 Å². The van der Waals surface area contributed by atoms with Gasteiger partial charge in [-0.05, 0) is 12.8 Å². The Kier molecular flexibility index (Phi) is 4.65. The summed E-state index contributed by atoms with van der Waals surface area (Å²) >= 11 is 0. The zero-order chi connectivity index (χ0) is 15.3. The fraction of sp³-hybridized carbons (Fsp3) is 0.312. The predicted octanol–water partition coefficient (Wildman–Crippen LogP) is 2.60. The van der Waals surface area contributed by atoms with Crippen molar-refractivity contribution in [2.45, 2.75) is 32.2 Å². The molecule has 1 aromatic heterocycles. The van der Waals surface area contributed by atoms with Crippen molar-refractivity contribution >= 4 is 11.6 Å². The standard InChI is InChI=1S/C16H20N4O/c1-3-16(17,4-2)15(21)20-13-10-18-14(19-11-13)12-8-6-5-7-9-12/h5-11H,3-4,17H2,1-2H3,(H,20,21). The average molecular weight is 284 g/mol. The Morgan fingerprint density at radius 1 is 1.14 bits per heavy atom. The van der Waals surface area contributed by atoms with Crippen LogP contribution in [-0.2, 0) is 4.79 Å². The van der Waals surface area contributed by atoms with Gasteiger partial charge >= 0.3 is 0 Å². The summed E-state index contributed by atoms with van der Waals surface area (Å²) < 4.78 is 0. The third-order valence-corrected chi connectivity index (χ3v) is 3.66. The van der Waals surface area contributed by atoms with Crippen LogP contribution in [0.5, 0.6) is 0 Å². The van der Waals surface area contributed by atoms with Gasteiger partial charge in [-0.25, -0.2) is 9.97 Å². The molecule has 0 unspecified atom stereocenters. The van der Waals surface area contributed by atoms with E-state index in [-0.39, 0.29) is 5.91 Å². The smallest absolute Gasteiger partial charge is 0.244 e. The molecule has 1 aromatic carbocycles. The number of benzene rings is 1. The summed E-state index contributed by atoms with van der Waals surface area (Å²) in [5.41, 5.74) is 6.69. The second-order valence-corrected chi connectivity index (χ2v) is 4.98. The Morgan fingerprint density at radius 3 is 2.24 bits per heavy atom. The first-order valence-electron chi connectivity index (χ1n) is 7.07. The fourth-order valence-corrected chi connectivity index (χ4v) is 1.96. The monoisotopic (exact) mass is 284 g/mol. The van der Waals surface area contributed by atoms with E-state index < -0.39 is 5.54 Å². The first-order valence-corrected chi connectivity index (χ1v) is 7.07. The van der Waals surface area contributed by atoms with E-state index in [0.29, 0.717) is 24.4 Å².